The number of rotatable bonds is 3. The van der Waals surface area contributed by atoms with Crippen molar-refractivity contribution in [2.75, 3.05) is 0 Å². The van der Waals surface area contributed by atoms with Crippen LogP contribution in [0.4, 0.5) is 10.1 Å². The second-order valence-electron chi connectivity index (χ2n) is 3.54. The number of carbonyl (C=O) groups excluding carboxylic acids is 1. The van der Waals surface area contributed by atoms with Gasteiger partial charge in [0.15, 0.2) is 5.78 Å². The van der Waals surface area contributed by atoms with Crippen LogP contribution >= 0.6 is 0 Å². The minimum atomic E-state index is -0.948. The molecule has 0 saturated heterocycles. The number of hydrogen-bond donors (Lipinski definition) is 1. The number of benzene rings is 1. The van der Waals surface area contributed by atoms with Crippen LogP contribution in [0.2, 0.25) is 0 Å². The van der Waals surface area contributed by atoms with Gasteiger partial charge in [0.2, 0.25) is 5.82 Å². The van der Waals surface area contributed by atoms with Gasteiger partial charge < -0.3 is 5.73 Å². The Morgan fingerprint density at radius 3 is 2.41 bits per heavy atom. The van der Waals surface area contributed by atoms with Gasteiger partial charge in [-0.1, -0.05) is 6.07 Å². The molecule has 0 aromatic heterocycles. The molecule has 0 radical (unpaired) electrons. The normalized spacial score (nSPS) is 11.9. The molecule has 0 amide bonds. The molecule has 0 saturated carbocycles. The molecule has 90 valence electrons. The van der Waals surface area contributed by atoms with E-state index >= 15 is 0 Å². The third-order valence-electron chi connectivity index (χ3n) is 2.18. The number of nitro benzene ring substituents is 1. The number of halogens is 1. The Morgan fingerprint density at radius 1 is 1.41 bits per heavy atom. The van der Waals surface area contributed by atoms with Gasteiger partial charge in [0.05, 0.1) is 4.92 Å². The van der Waals surface area contributed by atoms with Crippen molar-refractivity contribution in [3.63, 3.8) is 0 Å². The molecule has 0 atom stereocenters. The van der Waals surface area contributed by atoms with E-state index in [-0.39, 0.29) is 22.6 Å². The van der Waals surface area contributed by atoms with Crippen LogP contribution in [0.5, 0.6) is 0 Å². The van der Waals surface area contributed by atoms with Gasteiger partial charge in [-0.05, 0) is 25.5 Å². The Kier molecular flexibility index (Phi) is 3.57. The maximum absolute atomic E-state index is 13.1. The van der Waals surface area contributed by atoms with Crippen LogP contribution in [0.3, 0.4) is 0 Å². The van der Waals surface area contributed by atoms with Crippen molar-refractivity contribution in [1.82, 2.24) is 0 Å². The standard InChI is InChI=1S/C11H11FN2O3/c1-6(13)11(7(2)15)8-3-4-9(12)10(5-8)14(16)17/h3-5H,13H2,1-2H3/b11-6+. The summed E-state index contributed by atoms with van der Waals surface area (Å²) in [6.07, 6.45) is 0. The average Bonchev–Trinajstić information content (AvgIpc) is 2.19. The van der Waals surface area contributed by atoms with Crippen molar-refractivity contribution < 1.29 is 14.1 Å². The van der Waals surface area contributed by atoms with E-state index in [4.69, 9.17) is 5.73 Å². The maximum atomic E-state index is 13.1. The summed E-state index contributed by atoms with van der Waals surface area (Å²) in [4.78, 5) is 21.1. The minimum Gasteiger partial charge on any atom is -0.402 e. The van der Waals surface area contributed by atoms with Crippen LogP contribution in [-0.2, 0) is 4.79 Å². The predicted molar refractivity (Wildman–Crippen MR) is 60.5 cm³/mol. The molecule has 1 aromatic carbocycles. The Bertz CT molecular complexity index is 519. The lowest BCUT2D eigenvalue weighted by Crippen LogP contribution is -2.06. The van der Waals surface area contributed by atoms with E-state index in [1.807, 2.05) is 0 Å². The van der Waals surface area contributed by atoms with Crippen molar-refractivity contribution >= 4 is 17.0 Å². The summed E-state index contributed by atoms with van der Waals surface area (Å²) in [5.41, 5.74) is 5.49. The van der Waals surface area contributed by atoms with Gasteiger partial charge in [-0.3, -0.25) is 14.9 Å². The third-order valence-corrected chi connectivity index (χ3v) is 2.18. The number of allylic oxidation sites excluding steroid dienone is 2. The largest absolute Gasteiger partial charge is 0.402 e. The Morgan fingerprint density at radius 2 is 2.00 bits per heavy atom. The molecule has 0 aliphatic heterocycles. The summed E-state index contributed by atoms with van der Waals surface area (Å²) in [5.74, 6) is -1.28. The zero-order chi connectivity index (χ0) is 13.2. The monoisotopic (exact) mass is 238 g/mol. The van der Waals surface area contributed by atoms with Crippen LogP contribution in [0, 0.1) is 15.9 Å². The molecule has 1 rings (SSSR count). The van der Waals surface area contributed by atoms with E-state index in [9.17, 15) is 19.3 Å². The highest BCUT2D eigenvalue weighted by molar-refractivity contribution is 6.20. The molecule has 0 heterocycles. The summed E-state index contributed by atoms with van der Waals surface area (Å²) < 4.78 is 13.1. The zero-order valence-electron chi connectivity index (χ0n) is 9.36. The molecule has 0 fully saturated rings. The Labute approximate surface area is 96.9 Å². The fourth-order valence-corrected chi connectivity index (χ4v) is 1.52. The van der Waals surface area contributed by atoms with Crippen LogP contribution < -0.4 is 5.73 Å². The summed E-state index contributed by atoms with van der Waals surface area (Å²) in [6.45, 7) is 2.80. The molecule has 1 aromatic rings. The number of nitro groups is 1. The summed E-state index contributed by atoms with van der Waals surface area (Å²) in [7, 11) is 0. The van der Waals surface area contributed by atoms with Crippen LogP contribution in [0.15, 0.2) is 23.9 Å². The third kappa shape index (κ3) is 2.66. The van der Waals surface area contributed by atoms with Gasteiger partial charge in [-0.2, -0.15) is 4.39 Å². The van der Waals surface area contributed by atoms with Crippen molar-refractivity contribution in [2.45, 2.75) is 13.8 Å². The second kappa shape index (κ2) is 4.73. The topological polar surface area (TPSA) is 86.2 Å². The van der Waals surface area contributed by atoms with E-state index in [0.29, 0.717) is 0 Å². The molecule has 6 heteroatoms. The first-order valence-electron chi connectivity index (χ1n) is 4.76. The maximum Gasteiger partial charge on any atom is 0.305 e. The molecule has 5 nitrogen and oxygen atoms in total. The van der Waals surface area contributed by atoms with Crippen molar-refractivity contribution in [3.05, 3.63) is 45.4 Å². The number of hydrogen-bond acceptors (Lipinski definition) is 4. The summed E-state index contributed by atoms with van der Waals surface area (Å²) in [6, 6.07) is 3.23. The summed E-state index contributed by atoms with van der Waals surface area (Å²) in [5, 5.41) is 10.6. The predicted octanol–water partition coefficient (Wildman–Crippen LogP) is 2.01. The Balaban J connectivity index is 3.43. The lowest BCUT2D eigenvalue weighted by Gasteiger charge is -2.06. The van der Waals surface area contributed by atoms with Crippen molar-refractivity contribution in [3.8, 4) is 0 Å². The van der Waals surface area contributed by atoms with Crippen molar-refractivity contribution in [1.29, 1.82) is 0 Å². The molecule has 0 spiro atoms. The van der Waals surface area contributed by atoms with E-state index in [2.05, 4.69) is 0 Å². The lowest BCUT2D eigenvalue weighted by molar-refractivity contribution is -0.387. The smallest absolute Gasteiger partial charge is 0.305 e. The van der Waals surface area contributed by atoms with Crippen LogP contribution in [0.25, 0.3) is 5.57 Å². The highest BCUT2D eigenvalue weighted by atomic mass is 19.1. The van der Waals surface area contributed by atoms with Gasteiger partial charge in [0, 0.05) is 17.3 Å². The number of Topliss-reactive ketones (excluding diaryl/α,β-unsaturated/α-hetero) is 1. The van der Waals surface area contributed by atoms with Gasteiger partial charge in [-0.15, -0.1) is 0 Å². The molecule has 0 bridgehead atoms. The van der Waals surface area contributed by atoms with Gasteiger partial charge in [0.25, 0.3) is 0 Å². The first-order valence-corrected chi connectivity index (χ1v) is 4.76. The highest BCUT2D eigenvalue weighted by Crippen LogP contribution is 2.24. The van der Waals surface area contributed by atoms with E-state index in [1.165, 1.54) is 19.9 Å². The van der Waals surface area contributed by atoms with E-state index in [0.717, 1.165) is 12.1 Å². The van der Waals surface area contributed by atoms with Crippen molar-refractivity contribution in [2.24, 2.45) is 5.73 Å². The van der Waals surface area contributed by atoms with E-state index < -0.39 is 16.4 Å². The fourth-order valence-electron chi connectivity index (χ4n) is 1.52. The zero-order valence-corrected chi connectivity index (χ0v) is 9.36. The fraction of sp³-hybridized carbons (Fsp3) is 0.182. The molecular formula is C11H11FN2O3. The second-order valence-corrected chi connectivity index (χ2v) is 3.54. The number of carbonyl (C=O) groups is 1. The molecule has 17 heavy (non-hydrogen) atoms. The van der Waals surface area contributed by atoms with Gasteiger partial charge in [-0.25, -0.2) is 0 Å². The van der Waals surface area contributed by atoms with Crippen LogP contribution in [-0.4, -0.2) is 10.7 Å². The first-order chi connectivity index (χ1) is 7.84. The average molecular weight is 238 g/mol. The van der Waals surface area contributed by atoms with E-state index in [1.54, 1.807) is 0 Å². The number of nitrogens with zero attached hydrogens (tertiary/aromatic N) is 1. The molecule has 2 N–H and O–H groups in total. The van der Waals surface area contributed by atoms with Gasteiger partial charge in [0.1, 0.15) is 0 Å². The molecule has 0 unspecified atom stereocenters. The molecule has 0 aliphatic carbocycles. The quantitative estimate of drug-likeness (QED) is 0.495. The summed E-state index contributed by atoms with van der Waals surface area (Å²) >= 11 is 0. The minimum absolute atomic E-state index is 0.160. The van der Waals surface area contributed by atoms with Gasteiger partial charge >= 0.3 is 5.69 Å². The highest BCUT2D eigenvalue weighted by Gasteiger charge is 2.18. The van der Waals surface area contributed by atoms with Crippen LogP contribution in [0.1, 0.15) is 19.4 Å². The first kappa shape index (κ1) is 12.8. The number of ketones is 1. The SMILES string of the molecule is CC(=O)/C(=C(/C)N)c1ccc(F)c([N+](=O)[O-])c1. The molecular weight excluding hydrogens is 227 g/mol. The number of nitrogens with two attached hydrogens (primary N) is 1. The lowest BCUT2D eigenvalue weighted by atomic mass is 10.00. The molecule has 0 aliphatic rings. The Hall–Kier alpha value is -2.24.